The quantitative estimate of drug-likeness (QED) is 0.763. The zero-order valence-electron chi connectivity index (χ0n) is 11.2. The molecule has 1 heterocycles. The van der Waals surface area contributed by atoms with E-state index in [0.717, 1.165) is 12.1 Å². The lowest BCUT2D eigenvalue weighted by Gasteiger charge is -2.15. The van der Waals surface area contributed by atoms with Crippen molar-refractivity contribution in [2.45, 2.75) is 11.0 Å². The van der Waals surface area contributed by atoms with Gasteiger partial charge in [-0.25, -0.2) is 27.3 Å². The third kappa shape index (κ3) is 3.56. The highest BCUT2D eigenvalue weighted by molar-refractivity contribution is 7.89. The van der Waals surface area contributed by atoms with Gasteiger partial charge in [-0.3, -0.25) is 0 Å². The molecule has 0 amide bonds. The van der Waals surface area contributed by atoms with Gasteiger partial charge in [0, 0.05) is 12.7 Å². The molecule has 0 saturated carbocycles. The second kappa shape index (κ2) is 6.34. The predicted octanol–water partition coefficient (Wildman–Crippen LogP) is 1.15. The molecule has 1 aromatic carbocycles. The van der Waals surface area contributed by atoms with Gasteiger partial charge >= 0.3 is 0 Å². The van der Waals surface area contributed by atoms with Crippen LogP contribution in [0.5, 0.6) is 0 Å². The summed E-state index contributed by atoms with van der Waals surface area (Å²) in [6.07, 6.45) is -0.218. The summed E-state index contributed by atoms with van der Waals surface area (Å²) in [5, 5.41) is 17.4. The molecule has 2 aromatic rings. The number of aliphatic hydroxyl groups excluding tert-OH is 1. The van der Waals surface area contributed by atoms with Gasteiger partial charge in [0.1, 0.15) is 28.5 Å². The van der Waals surface area contributed by atoms with Crippen molar-refractivity contribution in [2.24, 2.45) is 5.14 Å². The molecule has 0 aliphatic heterocycles. The SMILES string of the molecule is NS(=O)(=O)c1cccnc1NCC(O)c1c(F)cccc1F. The second-order valence-electron chi connectivity index (χ2n) is 4.43. The highest BCUT2D eigenvalue weighted by atomic mass is 32.2. The summed E-state index contributed by atoms with van der Waals surface area (Å²) in [5.41, 5.74) is -0.511. The number of anilines is 1. The fraction of sp³-hybridized carbons (Fsp3) is 0.154. The Morgan fingerprint density at radius 1 is 1.23 bits per heavy atom. The van der Waals surface area contributed by atoms with E-state index in [9.17, 15) is 22.3 Å². The third-order valence-corrected chi connectivity index (χ3v) is 3.82. The van der Waals surface area contributed by atoms with Gasteiger partial charge in [0.25, 0.3) is 0 Å². The normalized spacial score (nSPS) is 12.9. The standard InChI is InChI=1S/C13H13F2N3O3S/c14-8-3-1-4-9(15)12(8)10(19)7-18-13-11(22(16,20)21)5-2-6-17-13/h1-6,10,19H,7H2,(H,17,18)(H2,16,20,21). The van der Waals surface area contributed by atoms with Crippen molar-refractivity contribution in [2.75, 3.05) is 11.9 Å². The average molecular weight is 329 g/mol. The summed E-state index contributed by atoms with van der Waals surface area (Å²) in [4.78, 5) is 3.51. The Balaban J connectivity index is 2.21. The topological polar surface area (TPSA) is 105 Å². The van der Waals surface area contributed by atoms with Crippen LogP contribution in [-0.4, -0.2) is 25.1 Å². The van der Waals surface area contributed by atoms with Gasteiger partial charge in [-0.05, 0) is 24.3 Å². The lowest BCUT2D eigenvalue weighted by Crippen LogP contribution is -2.19. The molecule has 0 bridgehead atoms. The van der Waals surface area contributed by atoms with Gasteiger partial charge in [-0.1, -0.05) is 6.07 Å². The van der Waals surface area contributed by atoms with Crippen molar-refractivity contribution in [3.05, 3.63) is 53.7 Å². The van der Waals surface area contributed by atoms with Crippen molar-refractivity contribution >= 4 is 15.8 Å². The summed E-state index contributed by atoms with van der Waals surface area (Å²) in [7, 11) is -4.02. The molecule has 1 atom stereocenters. The highest BCUT2D eigenvalue weighted by Crippen LogP contribution is 2.22. The van der Waals surface area contributed by atoms with Crippen molar-refractivity contribution in [3.63, 3.8) is 0 Å². The fourth-order valence-corrected chi connectivity index (χ4v) is 2.54. The summed E-state index contributed by atoms with van der Waals surface area (Å²) in [6, 6.07) is 5.79. The Hall–Kier alpha value is -2.10. The molecule has 0 saturated heterocycles. The minimum atomic E-state index is -4.02. The van der Waals surface area contributed by atoms with Crippen LogP contribution in [0, 0.1) is 11.6 Å². The van der Waals surface area contributed by atoms with E-state index < -0.39 is 33.3 Å². The maximum atomic E-state index is 13.5. The molecule has 9 heteroatoms. The molecule has 0 fully saturated rings. The number of nitrogens with two attached hydrogens (primary N) is 1. The number of nitrogens with zero attached hydrogens (tertiary/aromatic N) is 1. The monoisotopic (exact) mass is 329 g/mol. The fourth-order valence-electron chi connectivity index (χ4n) is 1.88. The first-order valence-electron chi connectivity index (χ1n) is 6.14. The summed E-state index contributed by atoms with van der Waals surface area (Å²) in [6.45, 7) is -0.350. The van der Waals surface area contributed by atoms with E-state index in [0.29, 0.717) is 0 Å². The first kappa shape index (κ1) is 16.3. The molecular weight excluding hydrogens is 316 g/mol. The van der Waals surface area contributed by atoms with Crippen molar-refractivity contribution < 1.29 is 22.3 Å². The maximum absolute atomic E-state index is 13.5. The summed E-state index contributed by atoms with van der Waals surface area (Å²) in [5.74, 6) is -1.91. The Bertz CT molecular complexity index is 764. The van der Waals surface area contributed by atoms with Crippen LogP contribution in [0.2, 0.25) is 0 Å². The van der Waals surface area contributed by atoms with Crippen LogP contribution in [-0.2, 0) is 10.0 Å². The van der Waals surface area contributed by atoms with Crippen LogP contribution in [0.15, 0.2) is 41.4 Å². The van der Waals surface area contributed by atoms with Crippen molar-refractivity contribution in [3.8, 4) is 0 Å². The number of hydrogen-bond donors (Lipinski definition) is 3. The van der Waals surface area contributed by atoms with Crippen LogP contribution in [0.25, 0.3) is 0 Å². The summed E-state index contributed by atoms with van der Waals surface area (Å²) >= 11 is 0. The Morgan fingerprint density at radius 2 is 1.86 bits per heavy atom. The van der Waals surface area contributed by atoms with Gasteiger partial charge in [0.2, 0.25) is 10.0 Å². The van der Waals surface area contributed by atoms with E-state index in [-0.39, 0.29) is 17.3 Å². The second-order valence-corrected chi connectivity index (χ2v) is 5.96. The molecule has 0 spiro atoms. The van der Waals surface area contributed by atoms with Gasteiger partial charge in [-0.2, -0.15) is 0 Å². The van der Waals surface area contributed by atoms with E-state index in [4.69, 9.17) is 5.14 Å². The number of benzene rings is 1. The predicted molar refractivity (Wildman–Crippen MR) is 75.4 cm³/mol. The van der Waals surface area contributed by atoms with E-state index in [1.165, 1.54) is 24.4 Å². The Morgan fingerprint density at radius 3 is 2.45 bits per heavy atom. The number of nitrogens with one attached hydrogen (secondary N) is 1. The average Bonchev–Trinajstić information content (AvgIpc) is 2.44. The molecule has 0 radical (unpaired) electrons. The molecule has 0 aliphatic rings. The smallest absolute Gasteiger partial charge is 0.241 e. The molecule has 2 rings (SSSR count). The van der Waals surface area contributed by atoms with Gasteiger partial charge in [-0.15, -0.1) is 0 Å². The molecule has 22 heavy (non-hydrogen) atoms. The van der Waals surface area contributed by atoms with Crippen LogP contribution < -0.4 is 10.5 Å². The van der Waals surface area contributed by atoms with Crippen molar-refractivity contribution in [1.82, 2.24) is 4.98 Å². The zero-order valence-corrected chi connectivity index (χ0v) is 12.0. The van der Waals surface area contributed by atoms with Crippen LogP contribution in [0.1, 0.15) is 11.7 Å². The number of pyridine rings is 1. The van der Waals surface area contributed by atoms with Gasteiger partial charge in [0.05, 0.1) is 5.56 Å². The zero-order chi connectivity index (χ0) is 16.3. The molecule has 6 nitrogen and oxygen atoms in total. The number of sulfonamides is 1. The lowest BCUT2D eigenvalue weighted by molar-refractivity contribution is 0.181. The number of hydrogen-bond acceptors (Lipinski definition) is 5. The van der Waals surface area contributed by atoms with Gasteiger partial charge < -0.3 is 10.4 Å². The molecule has 118 valence electrons. The number of aliphatic hydroxyl groups is 1. The van der Waals surface area contributed by atoms with E-state index >= 15 is 0 Å². The molecule has 4 N–H and O–H groups in total. The van der Waals surface area contributed by atoms with Gasteiger partial charge in [0.15, 0.2) is 0 Å². The first-order chi connectivity index (χ1) is 10.3. The molecule has 1 aromatic heterocycles. The molecule has 1 unspecified atom stereocenters. The van der Waals surface area contributed by atoms with E-state index in [1.54, 1.807) is 0 Å². The number of halogens is 2. The Labute approximate surface area is 125 Å². The minimum Gasteiger partial charge on any atom is -0.386 e. The summed E-state index contributed by atoms with van der Waals surface area (Å²) < 4.78 is 49.9. The van der Waals surface area contributed by atoms with Crippen LogP contribution in [0.3, 0.4) is 0 Å². The molecular formula is C13H13F2N3O3S. The molecule has 0 aliphatic carbocycles. The Kier molecular flexibility index (Phi) is 4.69. The minimum absolute atomic E-state index is 0.110. The van der Waals surface area contributed by atoms with E-state index in [1.807, 2.05) is 0 Å². The van der Waals surface area contributed by atoms with E-state index in [2.05, 4.69) is 10.3 Å². The maximum Gasteiger partial charge on any atom is 0.241 e. The van der Waals surface area contributed by atoms with Crippen molar-refractivity contribution in [1.29, 1.82) is 0 Å². The number of rotatable bonds is 5. The first-order valence-corrected chi connectivity index (χ1v) is 7.69. The highest BCUT2D eigenvalue weighted by Gasteiger charge is 2.20. The van der Waals surface area contributed by atoms with Crippen LogP contribution in [0.4, 0.5) is 14.6 Å². The van der Waals surface area contributed by atoms with Crippen LogP contribution >= 0.6 is 0 Å². The number of primary sulfonamides is 1. The largest absolute Gasteiger partial charge is 0.386 e. The number of aromatic nitrogens is 1. The third-order valence-electron chi connectivity index (χ3n) is 2.87. The lowest BCUT2D eigenvalue weighted by atomic mass is 10.1.